The topological polar surface area (TPSA) is 26.3 Å². The Hall–Kier alpha value is -1.68. The molecule has 0 aliphatic heterocycles. The molecule has 5 heteroatoms. The van der Waals surface area contributed by atoms with E-state index in [1.165, 1.54) is 12.2 Å². The van der Waals surface area contributed by atoms with Crippen molar-refractivity contribution < 1.29 is 18.3 Å². The second-order valence-electron chi connectivity index (χ2n) is 3.72. The van der Waals surface area contributed by atoms with Gasteiger partial charge < -0.3 is 4.74 Å². The van der Waals surface area contributed by atoms with E-state index in [1.807, 2.05) is 0 Å². The number of carbonyl (C=O) groups excluding carboxylic acids is 1. The maximum absolute atomic E-state index is 12.0. The third-order valence-corrected chi connectivity index (χ3v) is 2.75. The molecular formula is C13H9ClF2O2. The van der Waals surface area contributed by atoms with E-state index in [4.69, 9.17) is 11.6 Å². The quantitative estimate of drug-likeness (QED) is 0.837. The first kappa shape index (κ1) is 12.8. The third-order valence-electron chi connectivity index (χ3n) is 2.50. The molecule has 1 aliphatic rings. The summed E-state index contributed by atoms with van der Waals surface area (Å²) in [5.74, 6) is -0.900. The minimum atomic E-state index is -2.93. The minimum Gasteiger partial charge on any atom is -0.435 e. The number of halogens is 3. The van der Waals surface area contributed by atoms with Crippen molar-refractivity contribution in [1.82, 2.24) is 0 Å². The number of carbonyl (C=O) groups is 1. The number of hydrogen-bond donors (Lipinski definition) is 0. The molecule has 1 aliphatic carbocycles. The molecule has 0 saturated heterocycles. The predicted molar refractivity (Wildman–Crippen MR) is 63.5 cm³/mol. The highest BCUT2D eigenvalue weighted by molar-refractivity contribution is 6.30. The molecular weight excluding hydrogens is 262 g/mol. The van der Waals surface area contributed by atoms with E-state index >= 15 is 0 Å². The Morgan fingerprint density at radius 3 is 2.44 bits per heavy atom. The van der Waals surface area contributed by atoms with Crippen LogP contribution in [0.2, 0.25) is 5.02 Å². The fraction of sp³-hybridized carbons (Fsp3) is 0.154. The monoisotopic (exact) mass is 270 g/mol. The lowest BCUT2D eigenvalue weighted by molar-refractivity contribution is -0.116. The highest BCUT2D eigenvalue weighted by Crippen LogP contribution is 2.26. The average Bonchev–Trinajstić information content (AvgIpc) is 2.30. The molecule has 94 valence electrons. The molecule has 1 aromatic rings. The first-order valence-corrected chi connectivity index (χ1v) is 5.58. The first-order chi connectivity index (χ1) is 8.56. The summed E-state index contributed by atoms with van der Waals surface area (Å²) in [5, 5.41) is 0.572. The Kier molecular flexibility index (Phi) is 3.77. The van der Waals surface area contributed by atoms with Crippen LogP contribution >= 0.6 is 11.6 Å². The van der Waals surface area contributed by atoms with Gasteiger partial charge in [-0.05, 0) is 23.8 Å². The Balaban J connectivity index is 2.16. The Labute approximate surface area is 108 Å². The van der Waals surface area contributed by atoms with Crippen LogP contribution in [0.3, 0.4) is 0 Å². The molecule has 0 bridgehead atoms. The van der Waals surface area contributed by atoms with Gasteiger partial charge in [-0.3, -0.25) is 4.79 Å². The van der Waals surface area contributed by atoms with Crippen LogP contribution in [0.4, 0.5) is 8.78 Å². The van der Waals surface area contributed by atoms with Gasteiger partial charge in [-0.15, -0.1) is 0 Å². The van der Waals surface area contributed by atoms with Crippen LogP contribution in [0.25, 0.3) is 0 Å². The van der Waals surface area contributed by atoms with Crippen LogP contribution in [0.5, 0.6) is 0 Å². The molecule has 0 heterocycles. The number of allylic oxidation sites excluding steroid dienone is 3. The zero-order chi connectivity index (χ0) is 13.1. The first-order valence-electron chi connectivity index (χ1n) is 5.20. The van der Waals surface area contributed by atoms with Crippen molar-refractivity contribution in [1.29, 1.82) is 0 Å². The van der Waals surface area contributed by atoms with E-state index in [0.717, 1.165) is 11.6 Å². The van der Waals surface area contributed by atoms with E-state index in [1.54, 1.807) is 24.3 Å². The lowest BCUT2D eigenvalue weighted by Crippen LogP contribution is -2.13. The number of benzene rings is 1. The predicted octanol–water partition coefficient (Wildman–Crippen LogP) is 3.69. The summed E-state index contributed by atoms with van der Waals surface area (Å²) in [5.41, 5.74) is 0.757. The van der Waals surface area contributed by atoms with E-state index in [-0.39, 0.29) is 11.5 Å². The SMILES string of the molecule is O=C1C=C(OC(F)F)C=CC1c1ccc(Cl)cc1. The van der Waals surface area contributed by atoms with Crippen LogP contribution in [-0.2, 0) is 9.53 Å². The number of ketones is 1. The molecule has 0 spiro atoms. The minimum absolute atomic E-state index is 0.125. The standard InChI is InChI=1S/C13H9ClF2O2/c14-9-3-1-8(2-4-9)11-6-5-10(7-12(11)17)18-13(15)16/h1-7,11,13H. The van der Waals surface area contributed by atoms with Gasteiger partial charge in [0.15, 0.2) is 5.78 Å². The van der Waals surface area contributed by atoms with E-state index in [2.05, 4.69) is 4.74 Å². The van der Waals surface area contributed by atoms with Crippen molar-refractivity contribution in [3.63, 3.8) is 0 Å². The molecule has 2 rings (SSSR count). The van der Waals surface area contributed by atoms with Crippen molar-refractivity contribution in [3.8, 4) is 0 Å². The highest BCUT2D eigenvalue weighted by atomic mass is 35.5. The molecule has 1 atom stereocenters. The van der Waals surface area contributed by atoms with Gasteiger partial charge in [-0.25, -0.2) is 0 Å². The molecule has 18 heavy (non-hydrogen) atoms. The van der Waals surface area contributed by atoms with Crippen LogP contribution in [0.15, 0.2) is 48.3 Å². The molecule has 0 aromatic heterocycles. The second kappa shape index (κ2) is 5.31. The summed E-state index contributed by atoms with van der Waals surface area (Å²) >= 11 is 5.75. The van der Waals surface area contributed by atoms with Crippen molar-refractivity contribution in [2.75, 3.05) is 0 Å². The van der Waals surface area contributed by atoms with Crippen molar-refractivity contribution in [2.24, 2.45) is 0 Å². The zero-order valence-corrected chi connectivity index (χ0v) is 9.90. The zero-order valence-electron chi connectivity index (χ0n) is 9.15. The fourth-order valence-corrected chi connectivity index (χ4v) is 1.81. The highest BCUT2D eigenvalue weighted by Gasteiger charge is 2.21. The molecule has 0 radical (unpaired) electrons. The van der Waals surface area contributed by atoms with Crippen molar-refractivity contribution >= 4 is 17.4 Å². The number of rotatable bonds is 3. The molecule has 2 nitrogen and oxygen atoms in total. The Morgan fingerprint density at radius 2 is 1.89 bits per heavy atom. The maximum atomic E-state index is 12.0. The summed E-state index contributed by atoms with van der Waals surface area (Å²) in [7, 11) is 0. The summed E-state index contributed by atoms with van der Waals surface area (Å²) in [6, 6.07) is 6.80. The molecule has 0 N–H and O–H groups in total. The van der Waals surface area contributed by atoms with E-state index in [9.17, 15) is 13.6 Å². The normalized spacial score (nSPS) is 19.0. The molecule has 0 fully saturated rings. The second-order valence-corrected chi connectivity index (χ2v) is 4.15. The van der Waals surface area contributed by atoms with Crippen LogP contribution in [0.1, 0.15) is 11.5 Å². The van der Waals surface area contributed by atoms with Gasteiger partial charge in [-0.2, -0.15) is 8.78 Å². The van der Waals surface area contributed by atoms with Crippen molar-refractivity contribution in [3.05, 3.63) is 58.8 Å². The summed E-state index contributed by atoms with van der Waals surface area (Å²) < 4.78 is 28.1. The third kappa shape index (κ3) is 2.96. The van der Waals surface area contributed by atoms with Gasteiger partial charge in [0.25, 0.3) is 0 Å². The molecule has 1 aromatic carbocycles. The number of hydrogen-bond acceptors (Lipinski definition) is 2. The van der Waals surface area contributed by atoms with Gasteiger partial charge in [0.05, 0.1) is 5.92 Å². The van der Waals surface area contributed by atoms with Gasteiger partial charge in [-0.1, -0.05) is 29.8 Å². The lowest BCUT2D eigenvalue weighted by atomic mass is 9.91. The number of alkyl halides is 2. The smallest absolute Gasteiger partial charge is 0.387 e. The van der Waals surface area contributed by atoms with Gasteiger partial charge in [0.2, 0.25) is 0 Å². The Morgan fingerprint density at radius 1 is 1.22 bits per heavy atom. The summed E-state index contributed by atoms with van der Waals surface area (Å²) in [6.07, 6.45) is 3.97. The summed E-state index contributed by atoms with van der Waals surface area (Å²) in [4.78, 5) is 11.8. The van der Waals surface area contributed by atoms with Gasteiger partial charge in [0, 0.05) is 11.1 Å². The van der Waals surface area contributed by atoms with E-state index in [0.29, 0.717) is 5.02 Å². The molecule has 0 saturated carbocycles. The molecule has 0 amide bonds. The maximum Gasteiger partial charge on any atom is 0.387 e. The van der Waals surface area contributed by atoms with Crippen LogP contribution in [0, 0.1) is 0 Å². The number of ether oxygens (including phenoxy) is 1. The molecule has 1 unspecified atom stereocenters. The summed E-state index contributed by atoms with van der Waals surface area (Å²) in [6.45, 7) is -2.93. The van der Waals surface area contributed by atoms with Gasteiger partial charge in [0.1, 0.15) is 5.76 Å². The Bertz CT molecular complexity index is 506. The van der Waals surface area contributed by atoms with Crippen molar-refractivity contribution in [2.45, 2.75) is 12.5 Å². The lowest BCUT2D eigenvalue weighted by Gasteiger charge is -2.15. The van der Waals surface area contributed by atoms with Crippen LogP contribution < -0.4 is 0 Å². The van der Waals surface area contributed by atoms with Crippen LogP contribution in [-0.4, -0.2) is 12.4 Å². The fourth-order valence-electron chi connectivity index (χ4n) is 1.69. The largest absolute Gasteiger partial charge is 0.435 e. The van der Waals surface area contributed by atoms with Gasteiger partial charge >= 0.3 is 6.61 Å². The average molecular weight is 271 g/mol. The van der Waals surface area contributed by atoms with E-state index < -0.39 is 12.5 Å².